The number of carbonyl (C=O) groups excluding carboxylic acids is 1. The van der Waals surface area contributed by atoms with Crippen LogP contribution in [-0.2, 0) is 9.22 Å². The molecule has 0 aromatic carbocycles. The first-order valence-electron chi connectivity index (χ1n) is 6.20. The Hall–Kier alpha value is -0.413. The summed E-state index contributed by atoms with van der Waals surface area (Å²) in [4.78, 5) is 10.8. The van der Waals surface area contributed by atoms with E-state index in [1.165, 1.54) is 0 Å². The van der Waals surface area contributed by atoms with Crippen molar-refractivity contribution in [1.29, 1.82) is 0 Å². The highest BCUT2D eigenvalue weighted by Gasteiger charge is 2.39. The molecule has 0 fully saturated rings. The molecule has 100 valence electrons. The van der Waals surface area contributed by atoms with Gasteiger partial charge in [-0.05, 0) is 25.1 Å². The van der Waals surface area contributed by atoms with Crippen molar-refractivity contribution in [1.82, 2.24) is 0 Å². The lowest BCUT2D eigenvalue weighted by Crippen LogP contribution is -2.43. The molecule has 0 N–H and O–H groups in total. The Labute approximate surface area is 108 Å². The summed E-state index contributed by atoms with van der Waals surface area (Å²) in [7, 11) is -1.75. The molecule has 0 aliphatic carbocycles. The quantitative estimate of drug-likeness (QED) is 0.405. The molecule has 0 saturated carbocycles. The minimum Gasteiger partial charge on any atom is -0.416 e. The van der Waals surface area contributed by atoms with Gasteiger partial charge >= 0.3 is 0 Å². The van der Waals surface area contributed by atoms with E-state index in [1.807, 2.05) is 6.92 Å². The zero-order valence-corrected chi connectivity index (χ0v) is 13.5. The molecular weight excluding hydrogens is 228 g/mol. The number of aldehydes is 1. The molecule has 3 heteroatoms. The largest absolute Gasteiger partial charge is 0.416 e. The van der Waals surface area contributed by atoms with E-state index >= 15 is 0 Å². The van der Waals surface area contributed by atoms with Crippen LogP contribution in [0.25, 0.3) is 0 Å². The van der Waals surface area contributed by atoms with Crippen LogP contribution in [0, 0.1) is 5.41 Å². The first-order valence-corrected chi connectivity index (χ1v) is 9.11. The fraction of sp³-hybridized carbons (Fsp3) is 0.786. The molecule has 0 radical (unpaired) electrons. The van der Waals surface area contributed by atoms with E-state index in [-0.39, 0.29) is 10.5 Å². The zero-order valence-electron chi connectivity index (χ0n) is 12.5. The van der Waals surface area contributed by atoms with Crippen LogP contribution in [0.5, 0.6) is 0 Å². The molecule has 0 bridgehead atoms. The summed E-state index contributed by atoms with van der Waals surface area (Å²) in [6, 6.07) is 0. The summed E-state index contributed by atoms with van der Waals surface area (Å²) in [5.74, 6) is 0. The van der Waals surface area contributed by atoms with Crippen LogP contribution < -0.4 is 0 Å². The van der Waals surface area contributed by atoms with Gasteiger partial charge < -0.3 is 9.22 Å². The highest BCUT2D eigenvalue weighted by Crippen LogP contribution is 2.39. The molecule has 0 saturated heterocycles. The smallest absolute Gasteiger partial charge is 0.192 e. The van der Waals surface area contributed by atoms with Crippen molar-refractivity contribution >= 4 is 14.6 Å². The second-order valence-corrected chi connectivity index (χ2v) is 11.6. The van der Waals surface area contributed by atoms with E-state index in [9.17, 15) is 4.79 Å². The van der Waals surface area contributed by atoms with E-state index in [4.69, 9.17) is 4.43 Å². The molecule has 0 amide bonds. The Bertz CT molecular complexity index is 289. The minimum absolute atomic E-state index is 0.199. The lowest BCUT2D eigenvalue weighted by Gasteiger charge is -2.39. The summed E-state index contributed by atoms with van der Waals surface area (Å²) in [6.07, 6.45) is 1.45. The Morgan fingerprint density at radius 3 is 2.06 bits per heavy atom. The Morgan fingerprint density at radius 1 is 1.29 bits per heavy atom. The fourth-order valence-electron chi connectivity index (χ4n) is 1.10. The molecule has 0 aliphatic rings. The van der Waals surface area contributed by atoms with Crippen LogP contribution >= 0.6 is 0 Å². The van der Waals surface area contributed by atoms with Gasteiger partial charge in [0.1, 0.15) is 6.29 Å². The van der Waals surface area contributed by atoms with Crippen LogP contribution in [0.1, 0.15) is 41.0 Å². The molecule has 0 aliphatic heterocycles. The van der Waals surface area contributed by atoms with Crippen LogP contribution in [0.15, 0.2) is 12.2 Å². The second-order valence-electron chi connectivity index (χ2n) is 6.76. The van der Waals surface area contributed by atoms with E-state index in [2.05, 4.69) is 47.4 Å². The van der Waals surface area contributed by atoms with Crippen LogP contribution in [-0.4, -0.2) is 21.2 Å². The topological polar surface area (TPSA) is 26.3 Å². The van der Waals surface area contributed by atoms with Crippen molar-refractivity contribution in [2.45, 2.75) is 59.2 Å². The van der Waals surface area contributed by atoms with Crippen molar-refractivity contribution in [3.8, 4) is 0 Å². The van der Waals surface area contributed by atoms with Gasteiger partial charge in [-0.1, -0.05) is 39.8 Å². The van der Waals surface area contributed by atoms with Crippen LogP contribution in [0.3, 0.4) is 0 Å². The van der Waals surface area contributed by atoms with E-state index < -0.39 is 8.32 Å². The lowest BCUT2D eigenvalue weighted by molar-refractivity contribution is -0.109. The minimum atomic E-state index is -1.75. The van der Waals surface area contributed by atoms with Crippen molar-refractivity contribution in [3.63, 3.8) is 0 Å². The monoisotopic (exact) mass is 256 g/mol. The third-order valence-electron chi connectivity index (χ3n) is 4.12. The molecule has 1 atom stereocenters. The molecule has 0 heterocycles. The first-order chi connectivity index (χ1) is 7.46. The molecule has 0 aromatic heterocycles. The van der Waals surface area contributed by atoms with E-state index in [0.29, 0.717) is 13.0 Å². The highest BCUT2D eigenvalue weighted by atomic mass is 28.4. The Balaban J connectivity index is 4.73. The number of rotatable bonds is 6. The molecular formula is C14H28O2Si. The summed E-state index contributed by atoms with van der Waals surface area (Å²) < 4.78 is 6.19. The average molecular weight is 256 g/mol. The molecule has 2 nitrogen and oxygen atoms in total. The lowest BCUT2D eigenvalue weighted by atomic mass is 9.82. The molecule has 1 unspecified atom stereocenters. The number of hydrogen-bond acceptors (Lipinski definition) is 2. The van der Waals surface area contributed by atoms with Gasteiger partial charge in [-0.3, -0.25) is 0 Å². The van der Waals surface area contributed by atoms with Crippen molar-refractivity contribution in [3.05, 3.63) is 12.2 Å². The molecule has 0 spiro atoms. The third-order valence-corrected chi connectivity index (χ3v) is 8.60. The third kappa shape index (κ3) is 4.40. The number of carbonyl (C=O) groups is 1. The fourth-order valence-corrected chi connectivity index (χ4v) is 2.21. The van der Waals surface area contributed by atoms with Crippen LogP contribution in [0.4, 0.5) is 0 Å². The van der Waals surface area contributed by atoms with E-state index in [0.717, 1.165) is 11.9 Å². The van der Waals surface area contributed by atoms with Gasteiger partial charge in [0.25, 0.3) is 0 Å². The molecule has 17 heavy (non-hydrogen) atoms. The van der Waals surface area contributed by atoms with Crippen molar-refractivity contribution < 1.29 is 9.22 Å². The predicted octanol–water partition coefficient (Wildman–Crippen LogP) is 4.18. The van der Waals surface area contributed by atoms with Crippen LogP contribution in [0.2, 0.25) is 18.1 Å². The Morgan fingerprint density at radius 2 is 1.76 bits per heavy atom. The average Bonchev–Trinajstić information content (AvgIpc) is 2.13. The Kier molecular flexibility index (Phi) is 5.35. The maximum Gasteiger partial charge on any atom is 0.192 e. The standard InChI is InChI=1S/C14H28O2Si/c1-12(2)14(6,9-10-15)11-16-17(7,8)13(3,4)5/h10H,1,9,11H2,2-8H3. The van der Waals surface area contributed by atoms with Gasteiger partial charge in [-0.15, -0.1) is 0 Å². The summed E-state index contributed by atoms with van der Waals surface area (Å²) in [5, 5.41) is 0.199. The predicted molar refractivity (Wildman–Crippen MR) is 76.8 cm³/mol. The van der Waals surface area contributed by atoms with Crippen molar-refractivity contribution in [2.24, 2.45) is 5.41 Å². The van der Waals surface area contributed by atoms with Gasteiger partial charge in [-0.25, -0.2) is 0 Å². The second kappa shape index (κ2) is 5.49. The maximum atomic E-state index is 10.8. The van der Waals surface area contributed by atoms with Gasteiger partial charge in [-0.2, -0.15) is 0 Å². The highest BCUT2D eigenvalue weighted by molar-refractivity contribution is 6.74. The normalized spacial score (nSPS) is 16.4. The van der Waals surface area contributed by atoms with Gasteiger partial charge in [0, 0.05) is 18.4 Å². The summed E-state index contributed by atoms with van der Waals surface area (Å²) >= 11 is 0. The van der Waals surface area contributed by atoms with Crippen molar-refractivity contribution in [2.75, 3.05) is 6.61 Å². The summed E-state index contributed by atoms with van der Waals surface area (Å²) in [6.45, 7) is 19.7. The summed E-state index contributed by atoms with van der Waals surface area (Å²) in [5.41, 5.74) is 0.792. The maximum absolute atomic E-state index is 10.8. The molecule has 0 rings (SSSR count). The molecule has 0 aromatic rings. The zero-order chi connectivity index (χ0) is 13.9. The first kappa shape index (κ1) is 16.6. The SMILES string of the molecule is C=C(C)C(C)(CC=O)CO[Si](C)(C)C(C)(C)C. The number of hydrogen-bond donors (Lipinski definition) is 0. The van der Waals surface area contributed by atoms with Gasteiger partial charge in [0.15, 0.2) is 8.32 Å². The van der Waals surface area contributed by atoms with E-state index in [1.54, 1.807) is 0 Å². The van der Waals surface area contributed by atoms with Gasteiger partial charge in [0.05, 0.1) is 0 Å². The van der Waals surface area contributed by atoms with Gasteiger partial charge in [0.2, 0.25) is 0 Å².